The molecule has 0 aliphatic heterocycles. The van der Waals surface area contributed by atoms with Crippen LogP contribution in [-0.2, 0) is 6.61 Å². The van der Waals surface area contributed by atoms with Crippen LogP contribution in [0, 0.1) is 0 Å². The molecule has 0 aliphatic carbocycles. The Hall–Kier alpha value is -2.49. The molecule has 0 aliphatic rings. The van der Waals surface area contributed by atoms with Gasteiger partial charge in [-0.3, -0.25) is 4.79 Å². The van der Waals surface area contributed by atoms with E-state index in [2.05, 4.69) is 5.32 Å². The molecule has 27 heavy (non-hydrogen) atoms. The van der Waals surface area contributed by atoms with E-state index in [1.165, 1.54) is 0 Å². The van der Waals surface area contributed by atoms with E-state index in [1.54, 1.807) is 30.3 Å². The molecule has 0 spiro atoms. The highest BCUT2D eigenvalue weighted by atomic mass is 35.5. The molecule has 0 heterocycles. The van der Waals surface area contributed by atoms with Gasteiger partial charge in [0.15, 0.2) is 0 Å². The van der Waals surface area contributed by atoms with Crippen LogP contribution in [0.1, 0.15) is 34.5 Å². The van der Waals surface area contributed by atoms with E-state index in [9.17, 15) is 4.79 Å². The number of ether oxygens (including phenoxy) is 1. The molecule has 0 aromatic heterocycles. The third-order valence-electron chi connectivity index (χ3n) is 4.18. The molecule has 1 atom stereocenters. The zero-order valence-electron chi connectivity index (χ0n) is 14.8. The second-order valence-electron chi connectivity index (χ2n) is 6.13. The van der Waals surface area contributed by atoms with Crippen molar-refractivity contribution in [2.45, 2.75) is 19.6 Å². The van der Waals surface area contributed by atoms with Gasteiger partial charge < -0.3 is 10.1 Å². The fraction of sp³-hybridized carbons (Fsp3) is 0.136. The topological polar surface area (TPSA) is 38.3 Å². The molecule has 3 aromatic carbocycles. The summed E-state index contributed by atoms with van der Waals surface area (Å²) in [4.78, 5) is 12.8. The van der Waals surface area contributed by atoms with Crippen molar-refractivity contribution in [2.24, 2.45) is 0 Å². The standard InChI is InChI=1S/C22H19Cl2NO2/c1-15(16-7-3-2-4-8-16)25-22(26)19-13-18(23)12-11-17(19)14-27-21-10-6-5-9-20(21)24/h2-13,15H,14H2,1H3,(H,25,26)/t15-/m0/s1. The lowest BCUT2D eigenvalue weighted by Crippen LogP contribution is -2.27. The van der Waals surface area contributed by atoms with Crippen LogP contribution in [0.5, 0.6) is 5.75 Å². The lowest BCUT2D eigenvalue weighted by molar-refractivity contribution is 0.0937. The first-order valence-corrected chi connectivity index (χ1v) is 9.32. The minimum absolute atomic E-state index is 0.130. The van der Waals surface area contributed by atoms with E-state index in [0.717, 1.165) is 11.1 Å². The zero-order chi connectivity index (χ0) is 19.2. The lowest BCUT2D eigenvalue weighted by Gasteiger charge is -2.17. The van der Waals surface area contributed by atoms with Crippen molar-refractivity contribution in [3.05, 3.63) is 99.5 Å². The summed E-state index contributed by atoms with van der Waals surface area (Å²) >= 11 is 12.2. The number of benzene rings is 3. The molecule has 3 nitrogen and oxygen atoms in total. The van der Waals surface area contributed by atoms with Crippen molar-refractivity contribution in [1.82, 2.24) is 5.32 Å². The monoisotopic (exact) mass is 399 g/mol. The van der Waals surface area contributed by atoms with Crippen LogP contribution in [0.15, 0.2) is 72.8 Å². The predicted molar refractivity (Wildman–Crippen MR) is 110 cm³/mol. The highest BCUT2D eigenvalue weighted by molar-refractivity contribution is 6.32. The van der Waals surface area contributed by atoms with E-state index >= 15 is 0 Å². The zero-order valence-corrected chi connectivity index (χ0v) is 16.3. The van der Waals surface area contributed by atoms with Gasteiger partial charge in [-0.2, -0.15) is 0 Å². The molecule has 0 unspecified atom stereocenters. The molecule has 0 radical (unpaired) electrons. The first kappa shape index (κ1) is 19.3. The summed E-state index contributed by atoms with van der Waals surface area (Å²) in [5, 5.41) is 4.03. The number of rotatable bonds is 6. The molecule has 1 amide bonds. The van der Waals surface area contributed by atoms with Crippen LogP contribution in [0.25, 0.3) is 0 Å². The van der Waals surface area contributed by atoms with Crippen LogP contribution < -0.4 is 10.1 Å². The van der Waals surface area contributed by atoms with Crippen LogP contribution in [-0.4, -0.2) is 5.91 Å². The highest BCUT2D eigenvalue weighted by Crippen LogP contribution is 2.25. The number of nitrogens with one attached hydrogen (secondary N) is 1. The fourth-order valence-electron chi connectivity index (χ4n) is 2.70. The molecule has 0 bridgehead atoms. The van der Waals surface area contributed by atoms with Crippen LogP contribution in [0.4, 0.5) is 0 Å². The van der Waals surface area contributed by atoms with Gasteiger partial charge in [0.25, 0.3) is 5.91 Å². The molecule has 0 saturated heterocycles. The van der Waals surface area contributed by atoms with Gasteiger partial charge in [0.2, 0.25) is 0 Å². The van der Waals surface area contributed by atoms with E-state index in [-0.39, 0.29) is 18.6 Å². The van der Waals surface area contributed by atoms with Gasteiger partial charge in [0.1, 0.15) is 12.4 Å². The largest absolute Gasteiger partial charge is 0.487 e. The highest BCUT2D eigenvalue weighted by Gasteiger charge is 2.16. The van der Waals surface area contributed by atoms with E-state index in [0.29, 0.717) is 21.4 Å². The van der Waals surface area contributed by atoms with E-state index < -0.39 is 0 Å². The van der Waals surface area contributed by atoms with Gasteiger partial charge in [0.05, 0.1) is 11.1 Å². The quantitative estimate of drug-likeness (QED) is 0.546. The van der Waals surface area contributed by atoms with Gasteiger partial charge in [-0.1, -0.05) is 71.7 Å². The molecule has 138 valence electrons. The van der Waals surface area contributed by atoms with Gasteiger partial charge >= 0.3 is 0 Å². The second-order valence-corrected chi connectivity index (χ2v) is 6.97. The summed E-state index contributed by atoms with van der Waals surface area (Å²) in [6.45, 7) is 2.15. The van der Waals surface area contributed by atoms with Crippen molar-refractivity contribution in [3.63, 3.8) is 0 Å². The molecule has 0 fully saturated rings. The van der Waals surface area contributed by atoms with E-state index in [4.69, 9.17) is 27.9 Å². The molecule has 0 saturated carbocycles. The summed E-state index contributed by atoms with van der Waals surface area (Å²) in [6, 6.07) is 22.1. The average molecular weight is 400 g/mol. The van der Waals surface area contributed by atoms with Gasteiger partial charge in [-0.05, 0) is 36.8 Å². The molecular formula is C22H19Cl2NO2. The Morgan fingerprint density at radius 1 is 1.00 bits per heavy atom. The maximum absolute atomic E-state index is 12.8. The maximum Gasteiger partial charge on any atom is 0.252 e. The third-order valence-corrected chi connectivity index (χ3v) is 4.73. The SMILES string of the molecule is C[C@H](NC(=O)c1cc(Cl)ccc1COc1ccccc1Cl)c1ccccc1. The van der Waals surface area contributed by atoms with Crippen LogP contribution >= 0.6 is 23.2 Å². The number of hydrogen-bond acceptors (Lipinski definition) is 2. The minimum atomic E-state index is -0.202. The minimum Gasteiger partial charge on any atom is -0.487 e. The Bertz CT molecular complexity index is 929. The van der Waals surface area contributed by atoms with Gasteiger partial charge in [-0.25, -0.2) is 0 Å². The number of halogens is 2. The lowest BCUT2D eigenvalue weighted by atomic mass is 10.1. The van der Waals surface area contributed by atoms with Crippen LogP contribution in [0.2, 0.25) is 10.0 Å². The van der Waals surface area contributed by atoms with Gasteiger partial charge in [0, 0.05) is 16.1 Å². The molecule has 1 N–H and O–H groups in total. The average Bonchev–Trinajstić information content (AvgIpc) is 2.68. The van der Waals surface area contributed by atoms with Crippen molar-refractivity contribution < 1.29 is 9.53 Å². The number of amides is 1. The number of carbonyl (C=O) groups excluding carboxylic acids is 1. The Morgan fingerprint density at radius 3 is 2.44 bits per heavy atom. The molecule has 5 heteroatoms. The summed E-state index contributed by atoms with van der Waals surface area (Å²) in [5.74, 6) is 0.366. The first-order valence-electron chi connectivity index (χ1n) is 8.56. The summed E-state index contributed by atoms with van der Waals surface area (Å²) in [6.07, 6.45) is 0. The van der Waals surface area contributed by atoms with Crippen LogP contribution in [0.3, 0.4) is 0 Å². The summed E-state index contributed by atoms with van der Waals surface area (Å²) < 4.78 is 5.79. The second kappa shape index (κ2) is 8.94. The van der Waals surface area contributed by atoms with Crippen molar-refractivity contribution in [1.29, 1.82) is 0 Å². The molecule has 3 rings (SSSR count). The number of hydrogen-bond donors (Lipinski definition) is 1. The first-order chi connectivity index (χ1) is 13.0. The molecule has 3 aromatic rings. The Morgan fingerprint density at radius 2 is 1.70 bits per heavy atom. The smallest absolute Gasteiger partial charge is 0.252 e. The Kier molecular flexibility index (Phi) is 6.38. The van der Waals surface area contributed by atoms with Crippen molar-refractivity contribution in [3.8, 4) is 5.75 Å². The molecular weight excluding hydrogens is 381 g/mol. The third kappa shape index (κ3) is 5.03. The number of carbonyl (C=O) groups is 1. The fourth-order valence-corrected chi connectivity index (χ4v) is 3.07. The predicted octanol–water partition coefficient (Wildman–Crippen LogP) is 6.06. The Labute approximate surface area is 168 Å². The van der Waals surface area contributed by atoms with Crippen molar-refractivity contribution >= 4 is 29.1 Å². The van der Waals surface area contributed by atoms with Crippen molar-refractivity contribution in [2.75, 3.05) is 0 Å². The van der Waals surface area contributed by atoms with Gasteiger partial charge in [-0.15, -0.1) is 0 Å². The number of para-hydroxylation sites is 1. The van der Waals surface area contributed by atoms with E-state index in [1.807, 2.05) is 49.4 Å². The normalized spacial score (nSPS) is 11.7. The maximum atomic E-state index is 12.8. The Balaban J connectivity index is 1.77. The summed E-state index contributed by atoms with van der Waals surface area (Å²) in [5.41, 5.74) is 2.25. The summed E-state index contributed by atoms with van der Waals surface area (Å²) in [7, 11) is 0.